The molecule has 158 valence electrons. The molecule has 3 amide bonds. The summed E-state index contributed by atoms with van der Waals surface area (Å²) in [5.41, 5.74) is 2.28. The maximum atomic E-state index is 13.0. The summed E-state index contributed by atoms with van der Waals surface area (Å²) in [7, 11) is 3.33. The molecule has 31 heavy (non-hydrogen) atoms. The van der Waals surface area contributed by atoms with Gasteiger partial charge in [-0.2, -0.15) is 0 Å². The minimum absolute atomic E-state index is 0.167. The first-order valence-corrected chi connectivity index (χ1v) is 10.0. The molecule has 2 heterocycles. The molecule has 4 rings (SSSR count). The van der Waals surface area contributed by atoms with Gasteiger partial charge in [-0.05, 0) is 59.8 Å². The number of imide groups is 1. The number of nitrogens with one attached hydrogen (secondary N) is 1. The summed E-state index contributed by atoms with van der Waals surface area (Å²) in [5.74, 6) is -1.59. The van der Waals surface area contributed by atoms with Crippen LogP contribution in [0.25, 0.3) is 17.1 Å². The maximum Gasteiger partial charge on any atom is 0.328 e. The van der Waals surface area contributed by atoms with Crippen LogP contribution < -0.4 is 11.0 Å². The number of fused-ring (bicyclic) bond motifs is 1. The van der Waals surface area contributed by atoms with Gasteiger partial charge in [-0.25, -0.2) is 9.18 Å². The third-order valence-electron chi connectivity index (χ3n) is 4.90. The lowest BCUT2D eigenvalue weighted by molar-refractivity contribution is -0.127. The zero-order valence-corrected chi connectivity index (χ0v) is 17.4. The number of benzene rings is 2. The number of anilines is 1. The lowest BCUT2D eigenvalue weighted by Crippen LogP contribution is -2.36. The lowest BCUT2D eigenvalue weighted by atomic mass is 10.2. The zero-order valence-electron chi connectivity index (χ0n) is 16.6. The van der Waals surface area contributed by atoms with Crippen LogP contribution in [0.5, 0.6) is 0 Å². The Hall–Kier alpha value is -3.66. The molecule has 0 spiro atoms. The number of aryl methyl sites for hydroxylation is 2. The van der Waals surface area contributed by atoms with Crippen LogP contribution in [0.1, 0.15) is 5.56 Å². The van der Waals surface area contributed by atoms with Gasteiger partial charge < -0.3 is 5.32 Å². The second-order valence-electron chi connectivity index (χ2n) is 6.97. The van der Waals surface area contributed by atoms with Gasteiger partial charge in [0.1, 0.15) is 12.4 Å². The van der Waals surface area contributed by atoms with Crippen LogP contribution in [-0.4, -0.2) is 37.6 Å². The first-order chi connectivity index (χ1) is 14.7. The molecule has 0 unspecified atom stereocenters. The number of amides is 3. The number of thioether (sulfide) groups is 1. The number of carbonyl (C=O) groups is 3. The van der Waals surface area contributed by atoms with E-state index in [0.717, 1.165) is 22.2 Å². The minimum atomic E-state index is -0.577. The fourth-order valence-electron chi connectivity index (χ4n) is 3.28. The molecule has 0 radical (unpaired) electrons. The molecule has 0 bridgehead atoms. The van der Waals surface area contributed by atoms with Crippen molar-refractivity contribution in [3.05, 3.63) is 69.2 Å². The number of aromatic nitrogens is 2. The van der Waals surface area contributed by atoms with Crippen molar-refractivity contribution in [1.82, 2.24) is 14.0 Å². The van der Waals surface area contributed by atoms with E-state index in [1.807, 2.05) is 0 Å². The Labute approximate surface area is 179 Å². The van der Waals surface area contributed by atoms with E-state index in [4.69, 9.17) is 0 Å². The van der Waals surface area contributed by atoms with Crippen LogP contribution in [0.3, 0.4) is 0 Å². The van der Waals surface area contributed by atoms with E-state index in [-0.39, 0.29) is 10.6 Å². The Morgan fingerprint density at radius 3 is 2.42 bits per heavy atom. The van der Waals surface area contributed by atoms with Gasteiger partial charge in [-0.15, -0.1) is 0 Å². The molecule has 2 aromatic carbocycles. The van der Waals surface area contributed by atoms with Gasteiger partial charge in [0.25, 0.3) is 11.1 Å². The van der Waals surface area contributed by atoms with Crippen molar-refractivity contribution in [1.29, 1.82) is 0 Å². The molecule has 0 saturated carbocycles. The quantitative estimate of drug-likeness (QED) is 0.630. The molecule has 10 heteroatoms. The van der Waals surface area contributed by atoms with Gasteiger partial charge in [0, 0.05) is 19.8 Å². The van der Waals surface area contributed by atoms with E-state index in [1.54, 1.807) is 38.4 Å². The highest BCUT2D eigenvalue weighted by molar-refractivity contribution is 8.18. The fraction of sp³-hybridized carbons (Fsp3) is 0.143. The molecule has 8 nitrogen and oxygen atoms in total. The highest BCUT2D eigenvalue weighted by Crippen LogP contribution is 2.32. The second-order valence-corrected chi connectivity index (χ2v) is 7.96. The Morgan fingerprint density at radius 2 is 1.71 bits per heavy atom. The average molecular weight is 440 g/mol. The third kappa shape index (κ3) is 3.89. The summed E-state index contributed by atoms with van der Waals surface area (Å²) < 4.78 is 16.0. The van der Waals surface area contributed by atoms with Crippen molar-refractivity contribution in [2.45, 2.75) is 0 Å². The van der Waals surface area contributed by atoms with Crippen LogP contribution in [0, 0.1) is 5.82 Å². The topological polar surface area (TPSA) is 93.4 Å². The smallest absolute Gasteiger partial charge is 0.325 e. The van der Waals surface area contributed by atoms with E-state index < -0.39 is 29.4 Å². The van der Waals surface area contributed by atoms with E-state index in [1.165, 1.54) is 33.4 Å². The lowest BCUT2D eigenvalue weighted by Gasteiger charge is -2.12. The summed E-state index contributed by atoms with van der Waals surface area (Å²) in [5, 5.41) is 1.96. The molecule has 1 aliphatic heterocycles. The molecule has 1 aromatic heterocycles. The molecule has 0 aliphatic carbocycles. The maximum absolute atomic E-state index is 13.0. The Kier molecular flexibility index (Phi) is 5.24. The molecule has 1 aliphatic rings. The summed E-state index contributed by atoms with van der Waals surface area (Å²) in [6.45, 7) is -0.453. The van der Waals surface area contributed by atoms with Crippen molar-refractivity contribution in [3.8, 4) is 0 Å². The first kappa shape index (κ1) is 20.6. The number of imidazole rings is 1. The van der Waals surface area contributed by atoms with Gasteiger partial charge in [0.05, 0.1) is 15.9 Å². The van der Waals surface area contributed by atoms with E-state index >= 15 is 0 Å². The van der Waals surface area contributed by atoms with Crippen LogP contribution in [0.2, 0.25) is 0 Å². The normalized spacial score (nSPS) is 15.3. The van der Waals surface area contributed by atoms with Crippen LogP contribution in [0.4, 0.5) is 14.9 Å². The molecular weight excluding hydrogens is 423 g/mol. The predicted molar refractivity (Wildman–Crippen MR) is 116 cm³/mol. The van der Waals surface area contributed by atoms with Crippen molar-refractivity contribution in [3.63, 3.8) is 0 Å². The Morgan fingerprint density at radius 1 is 1.03 bits per heavy atom. The summed E-state index contributed by atoms with van der Waals surface area (Å²) in [6.07, 6.45) is 1.56. The second kappa shape index (κ2) is 7.88. The largest absolute Gasteiger partial charge is 0.328 e. The van der Waals surface area contributed by atoms with Gasteiger partial charge >= 0.3 is 5.69 Å². The van der Waals surface area contributed by atoms with Crippen molar-refractivity contribution >= 4 is 51.6 Å². The van der Waals surface area contributed by atoms with E-state index in [0.29, 0.717) is 16.8 Å². The molecule has 0 atom stereocenters. The Balaban J connectivity index is 1.52. The fourth-order valence-corrected chi connectivity index (χ4v) is 4.12. The number of nitrogens with zero attached hydrogens (tertiary/aromatic N) is 3. The van der Waals surface area contributed by atoms with E-state index in [9.17, 15) is 23.6 Å². The van der Waals surface area contributed by atoms with Gasteiger partial charge in [0.2, 0.25) is 5.91 Å². The monoisotopic (exact) mass is 440 g/mol. The number of carbonyl (C=O) groups excluding carboxylic acids is 3. The number of rotatable bonds is 4. The van der Waals surface area contributed by atoms with E-state index in [2.05, 4.69) is 5.32 Å². The van der Waals surface area contributed by atoms with Crippen molar-refractivity contribution in [2.24, 2.45) is 14.1 Å². The van der Waals surface area contributed by atoms with Gasteiger partial charge in [-0.1, -0.05) is 6.07 Å². The average Bonchev–Trinajstić information content (AvgIpc) is 3.12. The number of hydrogen-bond donors (Lipinski definition) is 1. The highest BCUT2D eigenvalue weighted by Gasteiger charge is 2.36. The molecule has 1 fully saturated rings. The van der Waals surface area contributed by atoms with Gasteiger partial charge in [-0.3, -0.25) is 28.4 Å². The summed E-state index contributed by atoms with van der Waals surface area (Å²) >= 11 is 0.740. The summed E-state index contributed by atoms with van der Waals surface area (Å²) in [6, 6.07) is 10.4. The van der Waals surface area contributed by atoms with Crippen LogP contribution in [-0.2, 0) is 23.7 Å². The molecule has 1 N–H and O–H groups in total. The minimum Gasteiger partial charge on any atom is -0.325 e. The zero-order chi connectivity index (χ0) is 22.3. The molecule has 3 aromatic rings. The molecule has 1 saturated heterocycles. The summed E-state index contributed by atoms with van der Waals surface area (Å²) in [4.78, 5) is 50.3. The standard InChI is InChI=1S/C21H17FN4O4S/c1-24-15-8-3-12(9-16(15)25(2)20(24)29)10-17-19(28)26(21(30)31-17)11-18(27)23-14-6-4-13(22)5-7-14/h3-10H,11H2,1-2H3,(H,23,27). The Bertz CT molecular complexity index is 1320. The number of hydrogen-bond acceptors (Lipinski definition) is 5. The van der Waals surface area contributed by atoms with Crippen LogP contribution in [0.15, 0.2) is 52.2 Å². The highest BCUT2D eigenvalue weighted by atomic mass is 32.2. The molecular formula is C21H17FN4O4S. The first-order valence-electron chi connectivity index (χ1n) is 9.21. The third-order valence-corrected chi connectivity index (χ3v) is 5.80. The van der Waals surface area contributed by atoms with Crippen molar-refractivity contribution in [2.75, 3.05) is 11.9 Å². The van der Waals surface area contributed by atoms with Crippen LogP contribution >= 0.6 is 11.8 Å². The van der Waals surface area contributed by atoms with Crippen molar-refractivity contribution < 1.29 is 18.8 Å². The SMILES string of the molecule is Cn1c(=O)n(C)c2cc(C=C3SC(=O)N(CC(=O)Nc4ccc(F)cc4)C3=O)ccc21. The predicted octanol–water partition coefficient (Wildman–Crippen LogP) is 2.69. The van der Waals surface area contributed by atoms with Gasteiger partial charge in [0.15, 0.2) is 0 Å². The number of halogens is 1.